The van der Waals surface area contributed by atoms with Crippen molar-refractivity contribution in [2.24, 2.45) is 0 Å². The Bertz CT molecular complexity index is 1130. The first-order chi connectivity index (χ1) is 14.4. The largest absolute Gasteiger partial charge is 0.491 e. The second-order valence-corrected chi connectivity index (χ2v) is 7.90. The van der Waals surface area contributed by atoms with Crippen LogP contribution < -0.4 is 15.5 Å². The van der Waals surface area contributed by atoms with E-state index in [4.69, 9.17) is 4.74 Å². The van der Waals surface area contributed by atoms with Gasteiger partial charge in [-0.3, -0.25) is 9.59 Å². The van der Waals surface area contributed by atoms with E-state index >= 15 is 0 Å². The molecule has 3 rings (SSSR count). The van der Waals surface area contributed by atoms with Gasteiger partial charge in [0.1, 0.15) is 6.54 Å². The number of aromatic nitrogens is 3. The number of amides is 1. The summed E-state index contributed by atoms with van der Waals surface area (Å²) in [5.41, 5.74) is 4.15. The maximum absolute atomic E-state index is 12.7. The van der Waals surface area contributed by atoms with E-state index < -0.39 is 0 Å². The molecule has 8 heteroatoms. The Labute approximate surface area is 179 Å². The van der Waals surface area contributed by atoms with Crippen LogP contribution >= 0.6 is 11.8 Å². The maximum atomic E-state index is 12.7. The lowest BCUT2D eigenvalue weighted by molar-refractivity contribution is -0.116. The highest BCUT2D eigenvalue weighted by Gasteiger charge is 2.13. The molecule has 1 N–H and O–H groups in total. The standard InChI is InChI=1S/C22H24N4O3S/c1-14-5-6-15(2)18(9-14)25-21(28)12-26-11-20(29-4)19(27)10-17(26)13-30-22-23-8-7-16(3)24-22/h5-11H,12-13H2,1-4H3,(H,25,28). The third-order valence-corrected chi connectivity index (χ3v) is 5.40. The summed E-state index contributed by atoms with van der Waals surface area (Å²) in [6.45, 7) is 5.87. The summed E-state index contributed by atoms with van der Waals surface area (Å²) in [6.07, 6.45) is 3.27. The summed E-state index contributed by atoms with van der Waals surface area (Å²) in [4.78, 5) is 33.6. The molecule has 0 aliphatic heterocycles. The Hall–Kier alpha value is -3.13. The van der Waals surface area contributed by atoms with Crippen molar-refractivity contribution < 1.29 is 9.53 Å². The highest BCUT2D eigenvalue weighted by molar-refractivity contribution is 7.98. The molecule has 0 aliphatic carbocycles. The molecule has 1 amide bonds. The van der Waals surface area contributed by atoms with E-state index in [9.17, 15) is 9.59 Å². The highest BCUT2D eigenvalue weighted by Crippen LogP contribution is 2.20. The zero-order valence-corrected chi connectivity index (χ0v) is 18.2. The smallest absolute Gasteiger partial charge is 0.244 e. The summed E-state index contributed by atoms with van der Waals surface area (Å²) in [6, 6.07) is 9.22. The molecule has 0 atom stereocenters. The van der Waals surface area contributed by atoms with Gasteiger partial charge in [0.15, 0.2) is 10.9 Å². The van der Waals surface area contributed by atoms with E-state index in [0.717, 1.165) is 22.5 Å². The molecule has 2 aromatic heterocycles. The Morgan fingerprint density at radius 1 is 1.20 bits per heavy atom. The number of carbonyl (C=O) groups excluding carboxylic acids is 1. The number of aryl methyl sites for hydroxylation is 3. The fourth-order valence-corrected chi connectivity index (χ4v) is 3.74. The van der Waals surface area contributed by atoms with Crippen LogP contribution in [0.4, 0.5) is 5.69 Å². The van der Waals surface area contributed by atoms with Gasteiger partial charge in [-0.25, -0.2) is 9.97 Å². The Balaban J connectivity index is 1.82. The number of benzene rings is 1. The molecule has 0 spiro atoms. The predicted molar refractivity (Wildman–Crippen MR) is 118 cm³/mol. The third kappa shape index (κ3) is 5.48. The Kier molecular flexibility index (Phi) is 6.89. The van der Waals surface area contributed by atoms with Crippen LogP contribution in [0.3, 0.4) is 0 Å². The summed E-state index contributed by atoms with van der Waals surface area (Å²) < 4.78 is 6.88. The van der Waals surface area contributed by atoms with Crippen LogP contribution in [0.2, 0.25) is 0 Å². The molecule has 3 aromatic rings. The first-order valence-corrected chi connectivity index (χ1v) is 10.4. The van der Waals surface area contributed by atoms with Crippen LogP contribution in [0, 0.1) is 20.8 Å². The third-order valence-electron chi connectivity index (χ3n) is 4.51. The van der Waals surface area contributed by atoms with Gasteiger partial charge in [0, 0.05) is 35.1 Å². The normalized spacial score (nSPS) is 10.7. The van der Waals surface area contributed by atoms with Crippen molar-refractivity contribution in [3.8, 4) is 5.75 Å². The number of thioether (sulfide) groups is 1. The maximum Gasteiger partial charge on any atom is 0.244 e. The first kappa shape index (κ1) is 21.6. The monoisotopic (exact) mass is 424 g/mol. The number of ether oxygens (including phenoxy) is 1. The Morgan fingerprint density at radius 2 is 2.00 bits per heavy atom. The summed E-state index contributed by atoms with van der Waals surface area (Å²) >= 11 is 1.41. The quantitative estimate of drug-likeness (QED) is 0.461. The number of nitrogens with zero attached hydrogens (tertiary/aromatic N) is 3. The molecule has 30 heavy (non-hydrogen) atoms. The number of pyridine rings is 1. The molecule has 0 fully saturated rings. The molecule has 0 bridgehead atoms. The van der Waals surface area contributed by atoms with Gasteiger partial charge in [-0.2, -0.15) is 0 Å². The number of nitrogens with one attached hydrogen (secondary N) is 1. The number of hydrogen-bond acceptors (Lipinski definition) is 6. The van der Waals surface area contributed by atoms with Gasteiger partial charge in [-0.15, -0.1) is 0 Å². The van der Waals surface area contributed by atoms with Crippen molar-refractivity contribution in [2.75, 3.05) is 12.4 Å². The van der Waals surface area contributed by atoms with Crippen molar-refractivity contribution in [1.29, 1.82) is 0 Å². The van der Waals surface area contributed by atoms with E-state index in [2.05, 4.69) is 15.3 Å². The highest BCUT2D eigenvalue weighted by atomic mass is 32.2. The minimum atomic E-state index is -0.232. The number of anilines is 1. The second kappa shape index (κ2) is 9.58. The predicted octanol–water partition coefficient (Wildman–Crippen LogP) is 3.50. The van der Waals surface area contributed by atoms with Crippen molar-refractivity contribution in [2.45, 2.75) is 38.2 Å². The van der Waals surface area contributed by atoms with E-state index in [0.29, 0.717) is 16.6 Å². The lowest BCUT2D eigenvalue weighted by Gasteiger charge is -2.15. The van der Waals surface area contributed by atoms with Gasteiger partial charge < -0.3 is 14.6 Å². The molecule has 2 heterocycles. The molecule has 0 saturated carbocycles. The Morgan fingerprint density at radius 3 is 2.73 bits per heavy atom. The average molecular weight is 425 g/mol. The van der Waals surface area contributed by atoms with Gasteiger partial charge in [0.25, 0.3) is 0 Å². The van der Waals surface area contributed by atoms with Crippen molar-refractivity contribution >= 4 is 23.4 Å². The minimum Gasteiger partial charge on any atom is -0.491 e. The molecule has 0 saturated heterocycles. The molecule has 1 aromatic carbocycles. The SMILES string of the molecule is COc1cn(CC(=O)Nc2cc(C)ccc2C)c(CSc2nccc(C)n2)cc1=O. The van der Waals surface area contributed by atoms with Crippen LogP contribution in [-0.4, -0.2) is 27.6 Å². The molecule has 7 nitrogen and oxygen atoms in total. The molecule has 0 radical (unpaired) electrons. The number of hydrogen-bond donors (Lipinski definition) is 1. The minimum absolute atomic E-state index is 0.0502. The van der Waals surface area contributed by atoms with Crippen molar-refractivity contribution in [1.82, 2.24) is 14.5 Å². The van der Waals surface area contributed by atoms with Crippen LogP contribution in [-0.2, 0) is 17.1 Å². The summed E-state index contributed by atoms with van der Waals surface area (Å²) in [5, 5.41) is 3.57. The van der Waals surface area contributed by atoms with Gasteiger partial charge in [-0.05, 0) is 44.0 Å². The lowest BCUT2D eigenvalue weighted by Crippen LogP contribution is -2.23. The molecular weight excluding hydrogens is 400 g/mol. The summed E-state index contributed by atoms with van der Waals surface area (Å²) in [7, 11) is 1.44. The van der Waals surface area contributed by atoms with Gasteiger partial charge in [-0.1, -0.05) is 23.9 Å². The van der Waals surface area contributed by atoms with Gasteiger partial charge >= 0.3 is 0 Å². The van der Waals surface area contributed by atoms with E-state index in [1.165, 1.54) is 24.9 Å². The topological polar surface area (TPSA) is 86.1 Å². The first-order valence-electron chi connectivity index (χ1n) is 9.42. The second-order valence-electron chi connectivity index (χ2n) is 6.96. The zero-order valence-electron chi connectivity index (χ0n) is 17.4. The summed E-state index contributed by atoms with van der Waals surface area (Å²) in [5.74, 6) is 0.446. The van der Waals surface area contributed by atoms with Gasteiger partial charge in [0.05, 0.1) is 13.3 Å². The molecule has 0 aliphatic rings. The fourth-order valence-electron chi connectivity index (χ4n) is 2.87. The fraction of sp³-hybridized carbons (Fsp3) is 0.273. The van der Waals surface area contributed by atoms with Crippen LogP contribution in [0.25, 0.3) is 0 Å². The average Bonchev–Trinajstić information content (AvgIpc) is 2.70. The lowest BCUT2D eigenvalue weighted by atomic mass is 10.1. The van der Waals surface area contributed by atoms with Crippen LogP contribution in [0.1, 0.15) is 22.5 Å². The van der Waals surface area contributed by atoms with E-state index in [-0.39, 0.29) is 23.6 Å². The van der Waals surface area contributed by atoms with Crippen LogP contribution in [0.5, 0.6) is 5.75 Å². The van der Waals surface area contributed by atoms with Crippen LogP contribution in [0.15, 0.2) is 52.7 Å². The molecule has 156 valence electrons. The van der Waals surface area contributed by atoms with Crippen molar-refractivity contribution in [3.05, 3.63) is 75.5 Å². The van der Waals surface area contributed by atoms with Crippen molar-refractivity contribution in [3.63, 3.8) is 0 Å². The van der Waals surface area contributed by atoms with Gasteiger partial charge in [0.2, 0.25) is 11.3 Å². The number of rotatable bonds is 7. The zero-order chi connectivity index (χ0) is 21.7. The number of methoxy groups -OCH3 is 1. The van der Waals surface area contributed by atoms with E-state index in [1.54, 1.807) is 17.0 Å². The molecule has 0 unspecified atom stereocenters. The number of carbonyl (C=O) groups is 1. The molecular formula is C22H24N4O3S. The van der Waals surface area contributed by atoms with E-state index in [1.807, 2.05) is 45.0 Å².